The Bertz CT molecular complexity index is 192. The van der Waals surface area contributed by atoms with Gasteiger partial charge in [-0.3, -0.25) is 0 Å². The first-order valence-electron chi connectivity index (χ1n) is 9.24. The normalized spacial score (nSPS) is 13.7. The molecule has 1 heteroatoms. The molecule has 0 aliphatic carbocycles. The molecule has 20 heavy (non-hydrogen) atoms. The molecule has 0 saturated heterocycles. The molecule has 2 N–H and O–H groups in total. The Balaban J connectivity index is 3.14. The first-order valence-corrected chi connectivity index (χ1v) is 9.24. The van der Waals surface area contributed by atoms with Crippen LogP contribution in [0.1, 0.15) is 111 Å². The Morgan fingerprint density at radius 2 is 1.00 bits per heavy atom. The molecule has 0 amide bonds. The lowest BCUT2D eigenvalue weighted by atomic mass is 9.84. The third-order valence-electron chi connectivity index (χ3n) is 4.48. The Labute approximate surface area is 129 Å². The fourth-order valence-electron chi connectivity index (χ4n) is 2.64. The van der Waals surface area contributed by atoms with Crippen molar-refractivity contribution in [3.8, 4) is 0 Å². The topological polar surface area (TPSA) is 26.0 Å². The molecule has 122 valence electrons. The van der Waals surface area contributed by atoms with Crippen LogP contribution >= 0.6 is 0 Å². The molecule has 0 aromatic rings. The van der Waals surface area contributed by atoms with Gasteiger partial charge >= 0.3 is 0 Å². The molecule has 0 radical (unpaired) electrons. The summed E-state index contributed by atoms with van der Waals surface area (Å²) in [7, 11) is 0. The molecule has 1 nitrogen and oxygen atoms in total. The lowest BCUT2D eigenvalue weighted by molar-refractivity contribution is 0.298. The van der Waals surface area contributed by atoms with Crippen LogP contribution in [0.5, 0.6) is 0 Å². The van der Waals surface area contributed by atoms with E-state index in [2.05, 4.69) is 27.7 Å². The van der Waals surface area contributed by atoms with E-state index in [1.54, 1.807) is 0 Å². The summed E-state index contributed by atoms with van der Waals surface area (Å²) in [5.74, 6) is 0. The van der Waals surface area contributed by atoms with Crippen molar-refractivity contribution in [1.29, 1.82) is 0 Å². The van der Waals surface area contributed by atoms with Crippen molar-refractivity contribution in [2.45, 2.75) is 117 Å². The summed E-state index contributed by atoms with van der Waals surface area (Å²) in [4.78, 5) is 0. The Kier molecular flexibility index (Phi) is 12.7. The molecule has 0 bridgehead atoms. The predicted octanol–water partition coefficient (Wildman–Crippen LogP) is 6.45. The van der Waals surface area contributed by atoms with Gasteiger partial charge in [0, 0.05) is 6.04 Å². The summed E-state index contributed by atoms with van der Waals surface area (Å²) in [5.41, 5.74) is 6.46. The standard InChI is InChI=1S/C19H41N/c1-5-6-7-8-9-10-11-12-13-14-15-16-17-18(20)19(2,3)4/h18H,5-17,20H2,1-4H3. The van der Waals surface area contributed by atoms with Crippen molar-refractivity contribution in [2.75, 3.05) is 0 Å². The SMILES string of the molecule is CCCCCCCCCCCCCCC(N)C(C)(C)C. The van der Waals surface area contributed by atoms with Crippen LogP contribution in [0.3, 0.4) is 0 Å². The summed E-state index contributed by atoms with van der Waals surface area (Å²) >= 11 is 0. The van der Waals surface area contributed by atoms with Gasteiger partial charge in [0.15, 0.2) is 0 Å². The van der Waals surface area contributed by atoms with Gasteiger partial charge in [-0.1, -0.05) is 105 Å². The van der Waals surface area contributed by atoms with Crippen LogP contribution < -0.4 is 5.73 Å². The molecule has 0 heterocycles. The van der Waals surface area contributed by atoms with Crippen molar-refractivity contribution in [3.05, 3.63) is 0 Å². The van der Waals surface area contributed by atoms with Gasteiger partial charge in [0.1, 0.15) is 0 Å². The molecule has 0 aromatic carbocycles. The molecule has 0 spiro atoms. The van der Waals surface area contributed by atoms with Gasteiger partial charge in [-0.05, 0) is 11.8 Å². The molecule has 1 atom stereocenters. The molecule has 0 fully saturated rings. The van der Waals surface area contributed by atoms with Crippen molar-refractivity contribution < 1.29 is 0 Å². The van der Waals surface area contributed by atoms with Crippen LogP contribution in [0.2, 0.25) is 0 Å². The van der Waals surface area contributed by atoms with E-state index < -0.39 is 0 Å². The summed E-state index contributed by atoms with van der Waals surface area (Å²) in [6, 6.07) is 0.366. The molecular formula is C19H41N. The average Bonchev–Trinajstić information content (AvgIpc) is 2.38. The Morgan fingerprint density at radius 1 is 0.650 bits per heavy atom. The highest BCUT2D eigenvalue weighted by Gasteiger charge is 2.19. The van der Waals surface area contributed by atoms with Crippen molar-refractivity contribution in [2.24, 2.45) is 11.1 Å². The summed E-state index contributed by atoms with van der Waals surface area (Å²) in [5, 5.41) is 0. The zero-order chi connectivity index (χ0) is 15.3. The smallest absolute Gasteiger partial charge is 0.00876 e. The highest BCUT2D eigenvalue weighted by molar-refractivity contribution is 4.76. The zero-order valence-electron chi connectivity index (χ0n) is 14.8. The van der Waals surface area contributed by atoms with Crippen LogP contribution in [0.15, 0.2) is 0 Å². The molecule has 0 aliphatic rings. The molecule has 0 rings (SSSR count). The number of hydrogen-bond acceptors (Lipinski definition) is 1. The monoisotopic (exact) mass is 283 g/mol. The fourth-order valence-corrected chi connectivity index (χ4v) is 2.64. The van der Waals surface area contributed by atoms with Crippen LogP contribution in [0.4, 0.5) is 0 Å². The number of nitrogens with two attached hydrogens (primary N) is 1. The third-order valence-corrected chi connectivity index (χ3v) is 4.48. The third kappa shape index (κ3) is 13.0. The minimum Gasteiger partial charge on any atom is -0.327 e. The first-order chi connectivity index (χ1) is 9.48. The lowest BCUT2D eigenvalue weighted by Gasteiger charge is -2.26. The average molecular weight is 284 g/mol. The molecule has 0 aliphatic heterocycles. The van der Waals surface area contributed by atoms with E-state index in [4.69, 9.17) is 5.73 Å². The second kappa shape index (κ2) is 12.7. The minimum absolute atomic E-state index is 0.276. The highest BCUT2D eigenvalue weighted by atomic mass is 14.7. The first kappa shape index (κ1) is 20.0. The van der Waals surface area contributed by atoms with Crippen LogP contribution in [0.25, 0.3) is 0 Å². The zero-order valence-corrected chi connectivity index (χ0v) is 14.8. The Morgan fingerprint density at radius 3 is 1.35 bits per heavy atom. The van der Waals surface area contributed by atoms with E-state index >= 15 is 0 Å². The lowest BCUT2D eigenvalue weighted by Crippen LogP contribution is -2.34. The van der Waals surface area contributed by atoms with Crippen LogP contribution in [-0.2, 0) is 0 Å². The van der Waals surface area contributed by atoms with Crippen molar-refractivity contribution in [3.63, 3.8) is 0 Å². The maximum absolute atomic E-state index is 6.18. The number of unbranched alkanes of at least 4 members (excludes halogenated alkanes) is 11. The Hall–Kier alpha value is -0.0400. The molecular weight excluding hydrogens is 242 g/mol. The second-order valence-corrected chi connectivity index (χ2v) is 7.65. The van der Waals surface area contributed by atoms with E-state index in [0.717, 1.165) is 0 Å². The van der Waals surface area contributed by atoms with E-state index in [1.165, 1.54) is 83.5 Å². The summed E-state index contributed by atoms with van der Waals surface area (Å²) in [6.07, 6.45) is 18.2. The molecule has 0 saturated carbocycles. The number of hydrogen-bond donors (Lipinski definition) is 1. The van der Waals surface area contributed by atoms with Gasteiger partial charge in [0.05, 0.1) is 0 Å². The van der Waals surface area contributed by atoms with E-state index in [0.29, 0.717) is 6.04 Å². The largest absolute Gasteiger partial charge is 0.327 e. The van der Waals surface area contributed by atoms with E-state index in [1.807, 2.05) is 0 Å². The van der Waals surface area contributed by atoms with Crippen LogP contribution in [-0.4, -0.2) is 6.04 Å². The van der Waals surface area contributed by atoms with E-state index in [9.17, 15) is 0 Å². The minimum atomic E-state index is 0.276. The summed E-state index contributed by atoms with van der Waals surface area (Å²) < 4.78 is 0. The maximum Gasteiger partial charge on any atom is 0.00876 e. The molecule has 1 unspecified atom stereocenters. The van der Waals surface area contributed by atoms with Gasteiger partial charge in [-0.25, -0.2) is 0 Å². The van der Waals surface area contributed by atoms with Gasteiger partial charge < -0.3 is 5.73 Å². The quantitative estimate of drug-likeness (QED) is 0.386. The van der Waals surface area contributed by atoms with Crippen molar-refractivity contribution >= 4 is 0 Å². The van der Waals surface area contributed by atoms with Gasteiger partial charge in [0.2, 0.25) is 0 Å². The van der Waals surface area contributed by atoms with Crippen molar-refractivity contribution in [1.82, 2.24) is 0 Å². The van der Waals surface area contributed by atoms with E-state index in [-0.39, 0.29) is 5.41 Å². The maximum atomic E-state index is 6.18. The van der Waals surface area contributed by atoms with Crippen LogP contribution in [0, 0.1) is 5.41 Å². The second-order valence-electron chi connectivity index (χ2n) is 7.65. The summed E-state index contributed by atoms with van der Waals surface area (Å²) in [6.45, 7) is 9.03. The fraction of sp³-hybridized carbons (Fsp3) is 1.00. The predicted molar refractivity (Wildman–Crippen MR) is 93.1 cm³/mol. The highest BCUT2D eigenvalue weighted by Crippen LogP contribution is 2.22. The van der Waals surface area contributed by atoms with Gasteiger partial charge in [0.25, 0.3) is 0 Å². The van der Waals surface area contributed by atoms with Gasteiger partial charge in [-0.15, -0.1) is 0 Å². The number of rotatable bonds is 13. The molecule has 0 aromatic heterocycles. The van der Waals surface area contributed by atoms with Gasteiger partial charge in [-0.2, -0.15) is 0 Å².